The maximum absolute atomic E-state index is 13.6. The van der Waals surface area contributed by atoms with E-state index in [1.54, 1.807) is 17.5 Å². The maximum Gasteiger partial charge on any atom is 0.471 e. The van der Waals surface area contributed by atoms with Crippen molar-refractivity contribution in [2.75, 3.05) is 18.1 Å². The number of carbonyl (C=O) groups excluding carboxylic acids is 2. The lowest BCUT2D eigenvalue weighted by Crippen LogP contribution is -2.50. The lowest BCUT2D eigenvalue weighted by Gasteiger charge is -2.32. The molecule has 10 heteroatoms. The molecule has 0 radical (unpaired) electrons. The number of fused-ring (bicyclic) bond motifs is 1. The summed E-state index contributed by atoms with van der Waals surface area (Å²) in [6.45, 7) is 0.555. The summed E-state index contributed by atoms with van der Waals surface area (Å²) in [6.07, 6.45) is -1.75. The van der Waals surface area contributed by atoms with Gasteiger partial charge < -0.3 is 14.8 Å². The number of ether oxygens (including phenoxy) is 2. The van der Waals surface area contributed by atoms with E-state index in [0.717, 1.165) is 37.0 Å². The fourth-order valence-electron chi connectivity index (χ4n) is 3.87. The summed E-state index contributed by atoms with van der Waals surface area (Å²) in [5, 5.41) is 4.49. The van der Waals surface area contributed by atoms with Gasteiger partial charge in [0.1, 0.15) is 13.2 Å². The van der Waals surface area contributed by atoms with Crippen LogP contribution in [0, 0.1) is 0 Å². The molecule has 1 aromatic carbocycles. The Balaban J connectivity index is 1.77. The van der Waals surface area contributed by atoms with E-state index in [2.05, 4.69) is 5.32 Å². The highest BCUT2D eigenvalue weighted by Gasteiger charge is 2.48. The number of alkyl halides is 3. The van der Waals surface area contributed by atoms with E-state index in [0.29, 0.717) is 22.1 Å². The SMILES string of the molecule is O=C(NC1CCCC1)C(c1cccs1)N(C(=O)C(F)(F)F)c1ccc2c(c1)OCCO2. The summed E-state index contributed by atoms with van der Waals surface area (Å²) in [4.78, 5) is 26.6. The quantitative estimate of drug-likeness (QED) is 0.735. The number of anilines is 1. The summed E-state index contributed by atoms with van der Waals surface area (Å²) in [7, 11) is 0. The van der Waals surface area contributed by atoms with Crippen LogP contribution in [0.5, 0.6) is 11.5 Å². The number of halogens is 3. The number of amides is 2. The second-order valence-electron chi connectivity index (χ2n) is 7.41. The van der Waals surface area contributed by atoms with Gasteiger partial charge in [-0.3, -0.25) is 14.5 Å². The summed E-state index contributed by atoms with van der Waals surface area (Å²) < 4.78 is 51.8. The number of benzene rings is 1. The first-order valence-corrected chi connectivity index (χ1v) is 10.9. The highest BCUT2D eigenvalue weighted by molar-refractivity contribution is 7.10. The molecule has 1 saturated carbocycles. The fourth-order valence-corrected chi connectivity index (χ4v) is 4.69. The Morgan fingerprint density at radius 2 is 1.81 bits per heavy atom. The second kappa shape index (κ2) is 8.78. The van der Waals surface area contributed by atoms with Crippen LogP contribution in [0.4, 0.5) is 18.9 Å². The van der Waals surface area contributed by atoms with Crippen molar-refractivity contribution in [3.05, 3.63) is 40.6 Å². The summed E-state index contributed by atoms with van der Waals surface area (Å²) >= 11 is 1.12. The molecule has 6 nitrogen and oxygen atoms in total. The molecule has 1 fully saturated rings. The van der Waals surface area contributed by atoms with Crippen molar-refractivity contribution in [1.82, 2.24) is 5.32 Å². The van der Waals surface area contributed by atoms with Crippen molar-refractivity contribution in [2.45, 2.75) is 43.9 Å². The first-order valence-electron chi connectivity index (χ1n) is 9.98. The van der Waals surface area contributed by atoms with E-state index < -0.39 is 24.0 Å². The fraction of sp³-hybridized carbons (Fsp3) is 0.429. The van der Waals surface area contributed by atoms with Gasteiger partial charge in [-0.25, -0.2) is 0 Å². The zero-order valence-electron chi connectivity index (χ0n) is 16.5. The zero-order chi connectivity index (χ0) is 22.0. The zero-order valence-corrected chi connectivity index (χ0v) is 17.3. The molecule has 0 bridgehead atoms. The lowest BCUT2D eigenvalue weighted by molar-refractivity contribution is -0.171. The minimum absolute atomic E-state index is 0.0912. The molecule has 1 aliphatic heterocycles. The smallest absolute Gasteiger partial charge is 0.471 e. The van der Waals surface area contributed by atoms with Gasteiger partial charge in [-0.1, -0.05) is 18.9 Å². The molecule has 1 aromatic heterocycles. The van der Waals surface area contributed by atoms with Gasteiger partial charge in [0.25, 0.3) is 0 Å². The van der Waals surface area contributed by atoms with Gasteiger partial charge >= 0.3 is 12.1 Å². The average Bonchev–Trinajstić information content (AvgIpc) is 3.44. The van der Waals surface area contributed by atoms with Crippen LogP contribution in [0.15, 0.2) is 35.7 Å². The molecular formula is C21H21F3N2O4S. The summed E-state index contributed by atoms with van der Waals surface area (Å²) in [6, 6.07) is 5.70. The number of rotatable bonds is 5. The molecule has 31 heavy (non-hydrogen) atoms. The average molecular weight is 454 g/mol. The largest absolute Gasteiger partial charge is 0.486 e. The molecule has 0 saturated heterocycles. The van der Waals surface area contributed by atoms with Crippen LogP contribution in [-0.4, -0.2) is 37.2 Å². The van der Waals surface area contributed by atoms with Crippen LogP contribution in [0.2, 0.25) is 0 Å². The molecule has 1 N–H and O–H groups in total. The predicted molar refractivity (Wildman–Crippen MR) is 108 cm³/mol. The number of hydrogen-bond donors (Lipinski definition) is 1. The van der Waals surface area contributed by atoms with Crippen molar-refractivity contribution < 1.29 is 32.2 Å². The van der Waals surface area contributed by atoms with E-state index in [-0.39, 0.29) is 24.1 Å². The Kier molecular flexibility index (Phi) is 6.08. The summed E-state index contributed by atoms with van der Waals surface area (Å²) in [5.74, 6) is -2.16. The normalized spacial score (nSPS) is 17.3. The molecule has 1 atom stereocenters. The van der Waals surface area contributed by atoms with E-state index in [1.165, 1.54) is 18.2 Å². The molecule has 4 rings (SSSR count). The first kappa shape index (κ1) is 21.5. The Bertz CT molecular complexity index is 943. The van der Waals surface area contributed by atoms with Crippen LogP contribution >= 0.6 is 11.3 Å². The van der Waals surface area contributed by atoms with Crippen molar-refractivity contribution in [3.63, 3.8) is 0 Å². The van der Waals surface area contributed by atoms with Gasteiger partial charge in [0.2, 0.25) is 5.91 Å². The van der Waals surface area contributed by atoms with E-state index in [1.807, 2.05) is 0 Å². The van der Waals surface area contributed by atoms with Gasteiger partial charge in [0.15, 0.2) is 17.5 Å². The monoisotopic (exact) mass is 454 g/mol. The molecule has 2 aliphatic rings. The molecule has 2 heterocycles. The van der Waals surface area contributed by atoms with Crippen LogP contribution in [0.25, 0.3) is 0 Å². The Labute approximate surface area is 180 Å². The number of hydrogen-bond acceptors (Lipinski definition) is 5. The van der Waals surface area contributed by atoms with Gasteiger partial charge in [0, 0.05) is 22.7 Å². The van der Waals surface area contributed by atoms with E-state index in [4.69, 9.17) is 9.47 Å². The van der Waals surface area contributed by atoms with Gasteiger partial charge in [-0.2, -0.15) is 13.2 Å². The maximum atomic E-state index is 13.6. The van der Waals surface area contributed by atoms with Gasteiger partial charge in [0.05, 0.1) is 0 Å². The van der Waals surface area contributed by atoms with Crippen LogP contribution in [0.3, 0.4) is 0 Å². The minimum atomic E-state index is -5.17. The first-order chi connectivity index (χ1) is 14.8. The van der Waals surface area contributed by atoms with Crippen LogP contribution in [-0.2, 0) is 9.59 Å². The predicted octanol–water partition coefficient (Wildman–Crippen LogP) is 4.21. The molecular weight excluding hydrogens is 433 g/mol. The number of nitrogens with zero attached hydrogens (tertiary/aromatic N) is 1. The topological polar surface area (TPSA) is 67.9 Å². The van der Waals surface area contributed by atoms with Crippen molar-refractivity contribution in [3.8, 4) is 11.5 Å². The Hall–Kier alpha value is -2.75. The molecule has 1 unspecified atom stereocenters. The summed E-state index contributed by atoms with van der Waals surface area (Å²) in [5.41, 5.74) is -0.0912. The molecule has 166 valence electrons. The third kappa shape index (κ3) is 4.63. The van der Waals surface area contributed by atoms with Crippen molar-refractivity contribution in [2.24, 2.45) is 0 Å². The highest BCUT2D eigenvalue weighted by Crippen LogP contribution is 2.39. The molecule has 2 aromatic rings. The highest BCUT2D eigenvalue weighted by atomic mass is 32.1. The molecule has 0 spiro atoms. The van der Waals surface area contributed by atoms with Crippen LogP contribution < -0.4 is 19.7 Å². The Morgan fingerprint density at radius 3 is 2.45 bits per heavy atom. The second-order valence-corrected chi connectivity index (χ2v) is 8.39. The standard InChI is InChI=1S/C21H21F3N2O4S/c22-21(23,24)20(28)26(14-7-8-15-16(12-14)30-10-9-29-15)18(17-6-3-11-31-17)19(27)25-13-4-1-2-5-13/h3,6-8,11-13,18H,1-2,4-5,9-10H2,(H,25,27). The van der Waals surface area contributed by atoms with Crippen LogP contribution in [0.1, 0.15) is 36.6 Å². The number of carbonyl (C=O) groups is 2. The van der Waals surface area contributed by atoms with Crippen molar-refractivity contribution in [1.29, 1.82) is 0 Å². The molecule has 2 amide bonds. The van der Waals surface area contributed by atoms with E-state index >= 15 is 0 Å². The number of nitrogens with one attached hydrogen (secondary N) is 1. The minimum Gasteiger partial charge on any atom is -0.486 e. The van der Waals surface area contributed by atoms with Gasteiger partial charge in [-0.05, 0) is 36.4 Å². The third-order valence-corrected chi connectivity index (χ3v) is 6.21. The van der Waals surface area contributed by atoms with Gasteiger partial charge in [-0.15, -0.1) is 11.3 Å². The van der Waals surface area contributed by atoms with E-state index in [9.17, 15) is 22.8 Å². The molecule has 1 aliphatic carbocycles. The lowest BCUT2D eigenvalue weighted by atomic mass is 10.1. The third-order valence-electron chi connectivity index (χ3n) is 5.29. The van der Waals surface area contributed by atoms with Crippen molar-refractivity contribution >= 4 is 28.8 Å². The Morgan fingerprint density at radius 1 is 1.10 bits per heavy atom. The number of thiophene rings is 1.